The van der Waals surface area contributed by atoms with Crippen molar-refractivity contribution < 1.29 is 14.3 Å². The molecule has 0 saturated heterocycles. The van der Waals surface area contributed by atoms with Gasteiger partial charge in [-0.15, -0.1) is 21.5 Å². The summed E-state index contributed by atoms with van der Waals surface area (Å²) in [6.45, 7) is 2.21. The van der Waals surface area contributed by atoms with Gasteiger partial charge in [-0.25, -0.2) is 4.98 Å². The molecule has 2 N–H and O–H groups in total. The van der Waals surface area contributed by atoms with E-state index in [-0.39, 0.29) is 12.7 Å². The largest absolute Gasteiger partial charge is 0.454 e. The number of fused-ring (bicyclic) bond motifs is 1. The number of nitrogens with one attached hydrogen (secondary N) is 2. The van der Waals surface area contributed by atoms with E-state index in [1.165, 1.54) is 22.7 Å². The molecule has 2 aromatic heterocycles. The summed E-state index contributed by atoms with van der Waals surface area (Å²) >= 11 is 2.70. The number of carbonyl (C=O) groups excluding carboxylic acids is 1. The Labute approximate surface area is 150 Å². The van der Waals surface area contributed by atoms with E-state index in [2.05, 4.69) is 25.8 Å². The monoisotopic (exact) mass is 375 g/mol. The summed E-state index contributed by atoms with van der Waals surface area (Å²) in [5.74, 6) is 1.09. The molecular weight excluding hydrogens is 362 g/mol. The summed E-state index contributed by atoms with van der Waals surface area (Å²) in [6.07, 6.45) is 0.786. The number of thiazole rings is 1. The summed E-state index contributed by atoms with van der Waals surface area (Å²) in [4.78, 5) is 16.5. The van der Waals surface area contributed by atoms with Crippen molar-refractivity contribution in [3.05, 3.63) is 34.3 Å². The lowest BCUT2D eigenvalue weighted by Crippen LogP contribution is -2.12. The number of amides is 1. The number of benzene rings is 1. The minimum Gasteiger partial charge on any atom is -0.454 e. The minimum absolute atomic E-state index is 0.228. The summed E-state index contributed by atoms with van der Waals surface area (Å²) in [7, 11) is 0. The zero-order chi connectivity index (χ0) is 17.2. The van der Waals surface area contributed by atoms with E-state index in [1.807, 2.05) is 25.1 Å². The molecule has 0 radical (unpaired) electrons. The summed E-state index contributed by atoms with van der Waals surface area (Å²) in [6, 6.07) is 5.52. The van der Waals surface area contributed by atoms with Crippen molar-refractivity contribution in [2.75, 3.05) is 17.4 Å². The molecule has 1 aromatic carbocycles. The van der Waals surface area contributed by atoms with Crippen LogP contribution in [0.3, 0.4) is 0 Å². The fourth-order valence-corrected chi connectivity index (χ4v) is 3.53. The van der Waals surface area contributed by atoms with E-state index in [0.29, 0.717) is 27.5 Å². The molecule has 3 aromatic rings. The van der Waals surface area contributed by atoms with E-state index in [4.69, 9.17) is 9.47 Å². The van der Waals surface area contributed by atoms with Crippen LogP contribution in [0.2, 0.25) is 0 Å². The van der Waals surface area contributed by atoms with E-state index in [9.17, 15) is 4.79 Å². The van der Waals surface area contributed by atoms with Gasteiger partial charge in [-0.2, -0.15) is 0 Å². The van der Waals surface area contributed by atoms with Gasteiger partial charge in [0.1, 0.15) is 10.7 Å². The number of ether oxygens (including phenoxy) is 2. The van der Waals surface area contributed by atoms with Gasteiger partial charge in [0.25, 0.3) is 5.91 Å². The second-order valence-electron chi connectivity index (χ2n) is 5.04. The molecule has 0 atom stereocenters. The highest BCUT2D eigenvalue weighted by molar-refractivity contribution is 7.15. The Kier molecular flexibility index (Phi) is 4.20. The molecule has 25 heavy (non-hydrogen) atoms. The van der Waals surface area contributed by atoms with E-state index >= 15 is 0 Å². The van der Waals surface area contributed by atoms with Crippen molar-refractivity contribution in [3.8, 4) is 11.5 Å². The van der Waals surface area contributed by atoms with Gasteiger partial charge in [-0.1, -0.05) is 18.3 Å². The van der Waals surface area contributed by atoms with Crippen molar-refractivity contribution in [3.63, 3.8) is 0 Å². The molecular formula is C15H13N5O3S2. The molecule has 0 fully saturated rings. The molecule has 1 aliphatic heterocycles. The van der Waals surface area contributed by atoms with Crippen molar-refractivity contribution in [2.24, 2.45) is 0 Å². The smallest absolute Gasteiger partial charge is 0.277 e. The number of aryl methyl sites for hydroxylation is 1. The molecule has 1 aliphatic rings. The lowest BCUT2D eigenvalue weighted by atomic mass is 10.3. The molecule has 0 spiro atoms. The Hall–Kier alpha value is -2.72. The Morgan fingerprint density at radius 3 is 2.96 bits per heavy atom. The van der Waals surface area contributed by atoms with Crippen LogP contribution in [0.5, 0.6) is 11.5 Å². The number of nitrogens with zero attached hydrogens (tertiary/aromatic N) is 3. The third-order valence-electron chi connectivity index (χ3n) is 3.35. The molecule has 0 aliphatic carbocycles. The quantitative estimate of drug-likeness (QED) is 0.706. The van der Waals surface area contributed by atoms with Crippen LogP contribution >= 0.6 is 22.7 Å². The fraction of sp³-hybridized carbons (Fsp3) is 0.200. The van der Waals surface area contributed by atoms with Crippen LogP contribution in [0.15, 0.2) is 23.6 Å². The molecule has 1 amide bonds. The molecule has 10 heteroatoms. The van der Waals surface area contributed by atoms with E-state index in [1.54, 1.807) is 5.38 Å². The number of hydrogen-bond acceptors (Lipinski definition) is 9. The first-order valence-corrected chi connectivity index (χ1v) is 9.17. The highest BCUT2D eigenvalue weighted by Gasteiger charge is 2.16. The van der Waals surface area contributed by atoms with E-state index in [0.717, 1.165) is 17.1 Å². The molecule has 0 saturated carbocycles. The minimum atomic E-state index is -0.311. The molecule has 4 rings (SSSR count). The van der Waals surface area contributed by atoms with Gasteiger partial charge in [0.2, 0.25) is 11.9 Å². The highest BCUT2D eigenvalue weighted by Crippen LogP contribution is 2.35. The number of carbonyl (C=O) groups is 1. The predicted octanol–water partition coefficient (Wildman–Crippen LogP) is 3.28. The van der Waals surface area contributed by atoms with Crippen LogP contribution in [0.1, 0.15) is 22.4 Å². The average molecular weight is 375 g/mol. The Balaban J connectivity index is 1.43. The van der Waals surface area contributed by atoms with Gasteiger partial charge in [0.05, 0.1) is 0 Å². The number of rotatable bonds is 5. The topological polar surface area (TPSA) is 98.3 Å². The maximum absolute atomic E-state index is 12.2. The number of anilines is 3. The highest BCUT2D eigenvalue weighted by atomic mass is 32.1. The predicted molar refractivity (Wildman–Crippen MR) is 95.2 cm³/mol. The molecule has 3 heterocycles. The van der Waals surface area contributed by atoms with Crippen LogP contribution in [0.4, 0.5) is 16.0 Å². The first kappa shape index (κ1) is 15.8. The average Bonchev–Trinajstić information content (AvgIpc) is 3.34. The number of aromatic nitrogens is 3. The van der Waals surface area contributed by atoms with Crippen LogP contribution in [0, 0.1) is 0 Å². The zero-order valence-corrected chi connectivity index (χ0v) is 14.7. The van der Waals surface area contributed by atoms with Gasteiger partial charge >= 0.3 is 0 Å². The van der Waals surface area contributed by atoms with Crippen molar-refractivity contribution >= 4 is 44.5 Å². The second-order valence-corrected chi connectivity index (χ2v) is 6.96. The van der Waals surface area contributed by atoms with Crippen LogP contribution < -0.4 is 20.1 Å². The first-order valence-electron chi connectivity index (χ1n) is 7.47. The molecule has 0 bridgehead atoms. The maximum atomic E-state index is 12.2. The van der Waals surface area contributed by atoms with E-state index < -0.39 is 0 Å². The first-order chi connectivity index (χ1) is 12.2. The molecule has 0 unspecified atom stereocenters. The summed E-state index contributed by atoms with van der Waals surface area (Å²) in [5.41, 5.74) is 1.13. The van der Waals surface area contributed by atoms with Crippen LogP contribution in [-0.2, 0) is 6.42 Å². The van der Waals surface area contributed by atoms with Crippen LogP contribution in [-0.4, -0.2) is 27.9 Å². The zero-order valence-electron chi connectivity index (χ0n) is 13.1. The normalized spacial score (nSPS) is 12.2. The van der Waals surface area contributed by atoms with Gasteiger partial charge in [0, 0.05) is 17.1 Å². The Morgan fingerprint density at radius 2 is 2.12 bits per heavy atom. The Morgan fingerprint density at radius 1 is 1.24 bits per heavy atom. The lowest BCUT2D eigenvalue weighted by molar-refractivity contribution is 0.102. The third-order valence-corrected chi connectivity index (χ3v) is 5.09. The standard InChI is InChI=1S/C15H13N5O3S2/c1-2-12-19-20-15(25-12)18-13(21)9-6-24-14(17-9)16-8-3-4-10-11(5-8)23-7-22-10/h3-6H,2,7H2,1H3,(H,16,17)(H,18,20,21). The third kappa shape index (κ3) is 3.39. The number of hydrogen-bond donors (Lipinski definition) is 2. The molecule has 128 valence electrons. The SMILES string of the molecule is CCc1nnc(NC(=O)c2csc(Nc3ccc4c(c3)OCO4)n2)s1. The van der Waals surface area contributed by atoms with Gasteiger partial charge < -0.3 is 14.8 Å². The van der Waals surface area contributed by atoms with Crippen molar-refractivity contribution in [1.29, 1.82) is 0 Å². The summed E-state index contributed by atoms with van der Waals surface area (Å²) < 4.78 is 10.6. The van der Waals surface area contributed by atoms with Gasteiger partial charge in [0.15, 0.2) is 16.6 Å². The van der Waals surface area contributed by atoms with Crippen molar-refractivity contribution in [1.82, 2.24) is 15.2 Å². The summed E-state index contributed by atoms with van der Waals surface area (Å²) in [5, 5.41) is 17.4. The Bertz CT molecular complexity index is 924. The van der Waals surface area contributed by atoms with Gasteiger partial charge in [-0.3, -0.25) is 10.1 Å². The fourth-order valence-electron chi connectivity index (χ4n) is 2.14. The molecule has 8 nitrogen and oxygen atoms in total. The van der Waals surface area contributed by atoms with Crippen molar-refractivity contribution in [2.45, 2.75) is 13.3 Å². The maximum Gasteiger partial charge on any atom is 0.277 e. The lowest BCUT2D eigenvalue weighted by Gasteiger charge is -2.03. The van der Waals surface area contributed by atoms with Crippen LogP contribution in [0.25, 0.3) is 0 Å². The second kappa shape index (κ2) is 6.65. The van der Waals surface area contributed by atoms with Gasteiger partial charge in [-0.05, 0) is 18.6 Å².